The molecule has 3 aromatic rings. The zero-order valence-electron chi connectivity index (χ0n) is 11.7. The largest absolute Gasteiger partial charge is 0.417 e. The number of pyridine rings is 1. The minimum atomic E-state index is -4.46. The number of hydrogen-bond acceptors (Lipinski definition) is 1. The van der Waals surface area contributed by atoms with Crippen molar-refractivity contribution in [1.29, 1.82) is 0 Å². The van der Waals surface area contributed by atoms with Gasteiger partial charge < -0.3 is 0 Å². The van der Waals surface area contributed by atoms with Crippen LogP contribution in [0.3, 0.4) is 0 Å². The van der Waals surface area contributed by atoms with Crippen LogP contribution in [0.5, 0.6) is 0 Å². The second kappa shape index (κ2) is 5.32. The molecule has 0 saturated heterocycles. The van der Waals surface area contributed by atoms with E-state index in [0.29, 0.717) is 5.82 Å². The van der Waals surface area contributed by atoms with Crippen LogP contribution in [0, 0.1) is 0 Å². The number of alkyl halides is 3. The molecule has 0 amide bonds. The summed E-state index contributed by atoms with van der Waals surface area (Å²) in [5.41, 5.74) is 1.11. The highest BCUT2D eigenvalue weighted by Gasteiger charge is 2.31. The second-order valence-corrected chi connectivity index (χ2v) is 5.33. The Balaban J connectivity index is 2.20. The zero-order valence-corrected chi connectivity index (χ0v) is 12.4. The molecule has 0 fully saturated rings. The van der Waals surface area contributed by atoms with Crippen molar-refractivity contribution in [2.24, 2.45) is 0 Å². The third-order valence-electron chi connectivity index (χ3n) is 3.55. The summed E-state index contributed by atoms with van der Waals surface area (Å²) in [7, 11) is 0. The summed E-state index contributed by atoms with van der Waals surface area (Å²) in [5.74, 6) is 0.297. The third-order valence-corrected chi connectivity index (χ3v) is 3.83. The minimum absolute atomic E-state index is 0.0294. The van der Waals surface area contributed by atoms with Crippen molar-refractivity contribution < 1.29 is 13.2 Å². The van der Waals surface area contributed by atoms with E-state index in [1.807, 2.05) is 37.4 Å². The van der Waals surface area contributed by atoms with E-state index in [9.17, 15) is 13.2 Å². The van der Waals surface area contributed by atoms with Gasteiger partial charge >= 0.3 is 6.18 Å². The number of benzene rings is 1. The number of nitrogens with zero attached hydrogens (tertiary/aromatic N) is 2. The van der Waals surface area contributed by atoms with Gasteiger partial charge in [0.1, 0.15) is 0 Å². The van der Waals surface area contributed by atoms with Crippen LogP contribution in [0.15, 0.2) is 42.7 Å². The molecule has 2 nitrogen and oxygen atoms in total. The molecule has 0 saturated carbocycles. The van der Waals surface area contributed by atoms with Crippen LogP contribution < -0.4 is 0 Å². The lowest BCUT2D eigenvalue weighted by molar-refractivity contribution is -0.137. The van der Waals surface area contributed by atoms with Gasteiger partial charge in [-0.15, -0.1) is 0 Å². The van der Waals surface area contributed by atoms with Crippen molar-refractivity contribution in [3.8, 4) is 5.82 Å². The van der Waals surface area contributed by atoms with Crippen molar-refractivity contribution in [3.05, 3.63) is 58.9 Å². The Morgan fingerprint density at radius 1 is 1.23 bits per heavy atom. The molecule has 1 aromatic carbocycles. The molecule has 0 aliphatic carbocycles. The van der Waals surface area contributed by atoms with Crippen LogP contribution in [-0.4, -0.2) is 9.55 Å². The van der Waals surface area contributed by atoms with Crippen molar-refractivity contribution in [1.82, 2.24) is 9.55 Å². The first kappa shape index (κ1) is 14.9. The lowest BCUT2D eigenvalue weighted by Crippen LogP contribution is -2.07. The van der Waals surface area contributed by atoms with Crippen LogP contribution in [0.2, 0.25) is 5.02 Å². The SMILES string of the molecule is CCc1cn(-c2ncc(C(F)(F)F)cc2Cl)c2ccccc12. The molecule has 22 heavy (non-hydrogen) atoms. The highest BCUT2D eigenvalue weighted by Crippen LogP contribution is 2.33. The quantitative estimate of drug-likeness (QED) is 0.628. The van der Waals surface area contributed by atoms with Crippen molar-refractivity contribution in [2.75, 3.05) is 0 Å². The van der Waals surface area contributed by atoms with Gasteiger partial charge in [-0.25, -0.2) is 4.98 Å². The van der Waals surface area contributed by atoms with Gasteiger partial charge in [-0.3, -0.25) is 4.57 Å². The predicted octanol–water partition coefficient (Wildman–Crippen LogP) is 5.26. The first-order chi connectivity index (χ1) is 10.4. The van der Waals surface area contributed by atoms with E-state index >= 15 is 0 Å². The zero-order chi connectivity index (χ0) is 15.9. The maximum absolute atomic E-state index is 12.7. The number of halogens is 4. The van der Waals surface area contributed by atoms with Gasteiger partial charge in [-0.05, 0) is 24.1 Å². The van der Waals surface area contributed by atoms with Gasteiger partial charge in [0.2, 0.25) is 0 Å². The molecule has 2 aromatic heterocycles. The minimum Gasteiger partial charge on any atom is -0.300 e. The monoisotopic (exact) mass is 324 g/mol. The van der Waals surface area contributed by atoms with Crippen LogP contribution in [0.1, 0.15) is 18.1 Å². The van der Waals surface area contributed by atoms with Crippen molar-refractivity contribution >= 4 is 22.5 Å². The molecule has 114 valence electrons. The molecule has 0 atom stereocenters. The fourth-order valence-electron chi connectivity index (χ4n) is 2.47. The number of hydrogen-bond donors (Lipinski definition) is 0. The normalized spacial score (nSPS) is 12.0. The standard InChI is InChI=1S/C16H12ClF3N2/c1-2-10-9-22(14-6-4-3-5-12(10)14)15-13(17)7-11(8-21-15)16(18,19)20/h3-9H,2H2,1H3. The molecule has 6 heteroatoms. The number of fused-ring (bicyclic) bond motifs is 1. The summed E-state index contributed by atoms with van der Waals surface area (Å²) >= 11 is 6.04. The first-order valence-corrected chi connectivity index (χ1v) is 7.11. The lowest BCUT2D eigenvalue weighted by atomic mass is 10.1. The summed E-state index contributed by atoms with van der Waals surface area (Å²) in [5, 5.41) is 1.01. The Hall–Kier alpha value is -2.01. The highest BCUT2D eigenvalue weighted by atomic mass is 35.5. The van der Waals surface area contributed by atoms with Gasteiger partial charge in [-0.2, -0.15) is 13.2 Å². The third kappa shape index (κ3) is 2.46. The maximum Gasteiger partial charge on any atom is 0.417 e. The van der Waals surface area contributed by atoms with E-state index in [1.165, 1.54) is 0 Å². The molecule has 0 bridgehead atoms. The van der Waals surface area contributed by atoms with Gasteiger partial charge in [0.15, 0.2) is 5.82 Å². The van der Waals surface area contributed by atoms with Crippen LogP contribution in [-0.2, 0) is 12.6 Å². The molecule has 2 heterocycles. The number of rotatable bonds is 2. The Morgan fingerprint density at radius 3 is 2.59 bits per heavy atom. The van der Waals surface area contributed by atoms with Gasteiger partial charge in [0.05, 0.1) is 16.1 Å². The molecule has 0 aliphatic heterocycles. The van der Waals surface area contributed by atoms with Crippen molar-refractivity contribution in [3.63, 3.8) is 0 Å². The maximum atomic E-state index is 12.7. The van der Waals surface area contributed by atoms with E-state index in [2.05, 4.69) is 4.98 Å². The van der Waals surface area contributed by atoms with E-state index in [0.717, 1.165) is 35.2 Å². The smallest absolute Gasteiger partial charge is 0.300 e. The molecule has 0 aliphatic rings. The fraction of sp³-hybridized carbons (Fsp3) is 0.188. The summed E-state index contributed by atoms with van der Waals surface area (Å²) in [6.07, 6.45) is -0.970. The van der Waals surface area contributed by atoms with Gasteiger partial charge in [-0.1, -0.05) is 36.7 Å². The second-order valence-electron chi connectivity index (χ2n) is 4.92. The molecular weight excluding hydrogens is 313 g/mol. The summed E-state index contributed by atoms with van der Waals surface area (Å²) in [6, 6.07) is 8.57. The molecule has 0 spiro atoms. The average Bonchev–Trinajstić information content (AvgIpc) is 2.85. The average molecular weight is 325 g/mol. The van der Waals surface area contributed by atoms with E-state index in [-0.39, 0.29) is 5.02 Å². The number of aromatic nitrogens is 2. The van der Waals surface area contributed by atoms with Gasteiger partial charge in [0.25, 0.3) is 0 Å². The summed E-state index contributed by atoms with van der Waals surface area (Å²) in [6.45, 7) is 2.02. The van der Waals surface area contributed by atoms with Crippen LogP contribution in [0.4, 0.5) is 13.2 Å². The fourth-order valence-corrected chi connectivity index (χ4v) is 2.73. The number of aryl methyl sites for hydroxylation is 1. The summed E-state index contributed by atoms with van der Waals surface area (Å²) < 4.78 is 39.9. The molecule has 3 rings (SSSR count). The van der Waals surface area contributed by atoms with Crippen molar-refractivity contribution in [2.45, 2.75) is 19.5 Å². The molecule has 0 N–H and O–H groups in total. The van der Waals surface area contributed by atoms with Gasteiger partial charge in [0, 0.05) is 17.8 Å². The molecular formula is C16H12ClF3N2. The Kier molecular flexibility index (Phi) is 3.60. The lowest BCUT2D eigenvalue weighted by Gasteiger charge is -2.10. The highest BCUT2D eigenvalue weighted by molar-refractivity contribution is 6.32. The molecule has 0 unspecified atom stereocenters. The first-order valence-electron chi connectivity index (χ1n) is 6.74. The van der Waals surface area contributed by atoms with E-state index in [4.69, 9.17) is 11.6 Å². The Bertz CT molecular complexity index is 837. The Morgan fingerprint density at radius 2 is 1.95 bits per heavy atom. The number of para-hydroxylation sites is 1. The predicted molar refractivity (Wildman–Crippen MR) is 80.5 cm³/mol. The molecule has 0 radical (unpaired) electrons. The Labute approximate surface area is 130 Å². The topological polar surface area (TPSA) is 17.8 Å². The van der Waals surface area contributed by atoms with Crippen LogP contribution >= 0.6 is 11.6 Å². The summed E-state index contributed by atoms with van der Waals surface area (Å²) in [4.78, 5) is 3.92. The van der Waals surface area contributed by atoms with E-state index in [1.54, 1.807) is 4.57 Å². The van der Waals surface area contributed by atoms with Crippen LogP contribution in [0.25, 0.3) is 16.7 Å². The van der Waals surface area contributed by atoms with E-state index < -0.39 is 11.7 Å².